The molecule has 0 aliphatic carbocycles. The van der Waals surface area contributed by atoms with Gasteiger partial charge in [0.05, 0.1) is 26.5 Å². The molecule has 0 saturated heterocycles. The number of aryl methyl sites for hydroxylation is 1. The second-order valence-electron chi connectivity index (χ2n) is 9.32. The molecule has 0 fully saturated rings. The average Bonchev–Trinajstić information content (AvgIpc) is 3.24. The molecule has 12 heteroatoms. The maximum Gasteiger partial charge on any atom is 0.339 e. The number of esters is 1. The standard InChI is InChI=1S/C30H19N3O9/c1-17-7-14-24(25(15-17)33(40)41)31-28(35)22-13-10-20(16-23(22)29(31)36)30(37)42-27(26(34)18-5-3-2-4-6-18)19-8-11-21(12-9-19)32(38)39/h2-16,27H,1H3/t27-/m0/s1. The number of ether oxygens (including phenoxy) is 1. The fourth-order valence-electron chi connectivity index (χ4n) is 4.53. The van der Waals surface area contributed by atoms with Crippen LogP contribution in [0.15, 0.2) is 91.0 Å². The molecule has 1 atom stereocenters. The van der Waals surface area contributed by atoms with Crippen molar-refractivity contribution in [3.63, 3.8) is 0 Å². The largest absolute Gasteiger partial charge is 0.445 e. The number of benzene rings is 4. The highest BCUT2D eigenvalue weighted by Crippen LogP contribution is 2.36. The van der Waals surface area contributed by atoms with Crippen LogP contribution in [0, 0.1) is 27.2 Å². The summed E-state index contributed by atoms with van der Waals surface area (Å²) in [4.78, 5) is 75.1. The molecule has 1 aliphatic rings. The minimum atomic E-state index is -1.49. The number of nitrogens with zero attached hydrogens (tertiary/aromatic N) is 3. The number of fused-ring (bicyclic) bond motifs is 1. The summed E-state index contributed by atoms with van der Waals surface area (Å²) >= 11 is 0. The van der Waals surface area contributed by atoms with E-state index in [2.05, 4.69) is 0 Å². The average molecular weight is 565 g/mol. The number of carbonyl (C=O) groups excluding carboxylic acids is 4. The molecule has 0 radical (unpaired) electrons. The van der Waals surface area contributed by atoms with Gasteiger partial charge in [-0.15, -0.1) is 0 Å². The Hall–Kier alpha value is -6.04. The van der Waals surface area contributed by atoms with E-state index in [1.54, 1.807) is 25.1 Å². The zero-order chi connectivity index (χ0) is 30.1. The molecule has 5 rings (SSSR count). The highest BCUT2D eigenvalue weighted by atomic mass is 16.6. The number of carbonyl (C=O) groups is 4. The number of hydrogen-bond donors (Lipinski definition) is 0. The summed E-state index contributed by atoms with van der Waals surface area (Å²) in [5, 5.41) is 22.7. The van der Waals surface area contributed by atoms with Crippen LogP contribution in [0.4, 0.5) is 17.1 Å². The molecule has 12 nitrogen and oxygen atoms in total. The lowest BCUT2D eigenvalue weighted by Crippen LogP contribution is -2.30. The zero-order valence-corrected chi connectivity index (χ0v) is 21.8. The van der Waals surface area contributed by atoms with Crippen LogP contribution < -0.4 is 4.90 Å². The van der Waals surface area contributed by atoms with Crippen LogP contribution in [0.3, 0.4) is 0 Å². The Morgan fingerprint density at radius 2 is 1.43 bits per heavy atom. The van der Waals surface area contributed by atoms with Gasteiger partial charge in [-0.3, -0.25) is 34.6 Å². The van der Waals surface area contributed by atoms with E-state index in [4.69, 9.17) is 4.74 Å². The molecule has 4 aromatic rings. The molecular weight excluding hydrogens is 546 g/mol. The number of nitro groups is 2. The number of amides is 2. The third-order valence-electron chi connectivity index (χ3n) is 6.62. The molecule has 1 aliphatic heterocycles. The highest BCUT2D eigenvalue weighted by molar-refractivity contribution is 6.35. The summed E-state index contributed by atoms with van der Waals surface area (Å²) in [6.45, 7) is 1.63. The van der Waals surface area contributed by atoms with Gasteiger partial charge in [-0.25, -0.2) is 9.69 Å². The number of hydrogen-bond acceptors (Lipinski definition) is 9. The van der Waals surface area contributed by atoms with Gasteiger partial charge in [0.15, 0.2) is 6.10 Å². The Labute approximate surface area is 237 Å². The van der Waals surface area contributed by atoms with Crippen LogP contribution >= 0.6 is 0 Å². The lowest BCUT2D eigenvalue weighted by molar-refractivity contribution is -0.384. The predicted molar refractivity (Wildman–Crippen MR) is 147 cm³/mol. The first-order valence-electron chi connectivity index (χ1n) is 12.4. The molecule has 42 heavy (non-hydrogen) atoms. The van der Waals surface area contributed by atoms with E-state index >= 15 is 0 Å². The quantitative estimate of drug-likeness (QED) is 0.0894. The fraction of sp³-hybridized carbons (Fsp3) is 0.0667. The van der Waals surface area contributed by atoms with Gasteiger partial charge in [0, 0.05) is 29.3 Å². The summed E-state index contributed by atoms with van der Waals surface area (Å²) in [6, 6.07) is 20.6. The van der Waals surface area contributed by atoms with E-state index in [9.17, 15) is 39.4 Å². The normalized spacial score (nSPS) is 12.9. The summed E-state index contributed by atoms with van der Waals surface area (Å²) in [7, 11) is 0. The van der Waals surface area contributed by atoms with Crippen molar-refractivity contribution in [2.24, 2.45) is 0 Å². The molecular formula is C30H19N3O9. The fourth-order valence-corrected chi connectivity index (χ4v) is 4.53. The van der Waals surface area contributed by atoms with Crippen molar-refractivity contribution in [3.05, 3.63) is 145 Å². The van der Waals surface area contributed by atoms with E-state index in [1.807, 2.05) is 0 Å². The molecule has 0 aromatic heterocycles. The van der Waals surface area contributed by atoms with Gasteiger partial charge in [0.1, 0.15) is 5.69 Å². The summed E-state index contributed by atoms with van der Waals surface area (Å²) in [5.74, 6) is -3.28. The molecule has 0 spiro atoms. The highest BCUT2D eigenvalue weighted by Gasteiger charge is 2.40. The molecule has 1 heterocycles. The topological polar surface area (TPSA) is 167 Å². The minimum absolute atomic E-state index is 0.0706. The predicted octanol–water partition coefficient (Wildman–Crippen LogP) is 5.39. The number of nitro benzene ring substituents is 2. The van der Waals surface area contributed by atoms with Crippen molar-refractivity contribution >= 4 is 40.6 Å². The second kappa shape index (κ2) is 10.8. The third kappa shape index (κ3) is 4.99. The van der Waals surface area contributed by atoms with Crippen LogP contribution in [0.5, 0.6) is 0 Å². The van der Waals surface area contributed by atoms with Crippen LogP contribution in [0.1, 0.15) is 58.7 Å². The van der Waals surface area contributed by atoms with Crippen molar-refractivity contribution in [1.29, 1.82) is 0 Å². The van der Waals surface area contributed by atoms with Gasteiger partial charge >= 0.3 is 5.97 Å². The first-order chi connectivity index (χ1) is 20.1. The summed E-state index contributed by atoms with van der Waals surface area (Å²) in [5.41, 5.74) is -0.336. The molecule has 0 unspecified atom stereocenters. The van der Waals surface area contributed by atoms with Crippen LogP contribution in [0.2, 0.25) is 0 Å². The molecule has 2 amide bonds. The van der Waals surface area contributed by atoms with Crippen molar-refractivity contribution in [2.45, 2.75) is 13.0 Å². The van der Waals surface area contributed by atoms with E-state index in [0.717, 1.165) is 6.07 Å². The summed E-state index contributed by atoms with van der Waals surface area (Å²) in [6.07, 6.45) is -1.49. The van der Waals surface area contributed by atoms with Crippen LogP contribution in [0.25, 0.3) is 0 Å². The molecule has 0 N–H and O–H groups in total. The van der Waals surface area contributed by atoms with Crippen molar-refractivity contribution < 1.29 is 33.8 Å². The molecule has 0 bridgehead atoms. The third-order valence-corrected chi connectivity index (χ3v) is 6.62. The Morgan fingerprint density at radius 3 is 2.07 bits per heavy atom. The molecule has 0 saturated carbocycles. The number of Topliss-reactive ketones (excluding diaryl/α,β-unsaturated/α-hetero) is 1. The van der Waals surface area contributed by atoms with E-state index in [0.29, 0.717) is 10.5 Å². The van der Waals surface area contributed by atoms with Crippen molar-refractivity contribution in [1.82, 2.24) is 0 Å². The first kappa shape index (κ1) is 27.5. The zero-order valence-electron chi connectivity index (χ0n) is 21.8. The number of non-ortho nitro benzene ring substituents is 1. The molecule has 208 valence electrons. The van der Waals surface area contributed by atoms with Gasteiger partial charge in [-0.1, -0.05) is 36.4 Å². The van der Waals surface area contributed by atoms with Crippen molar-refractivity contribution in [2.75, 3.05) is 4.90 Å². The number of imide groups is 1. The maximum atomic E-state index is 13.4. The molecule has 4 aromatic carbocycles. The lowest BCUT2D eigenvalue weighted by atomic mass is 9.99. The van der Waals surface area contributed by atoms with Gasteiger partial charge in [0.25, 0.3) is 23.2 Å². The Kier molecular flexibility index (Phi) is 7.11. The SMILES string of the molecule is Cc1ccc(N2C(=O)c3ccc(C(=O)O[C@H](C(=O)c4ccccc4)c4ccc([N+](=O)[O-])cc4)cc3C2=O)c([N+](=O)[O-])c1. The monoisotopic (exact) mass is 565 g/mol. The second-order valence-corrected chi connectivity index (χ2v) is 9.32. The number of ketones is 1. The number of rotatable bonds is 8. The van der Waals surface area contributed by atoms with Gasteiger partial charge < -0.3 is 4.74 Å². The van der Waals surface area contributed by atoms with E-state index in [-0.39, 0.29) is 39.2 Å². The Balaban J connectivity index is 1.47. The van der Waals surface area contributed by atoms with Crippen LogP contribution in [-0.4, -0.2) is 33.4 Å². The van der Waals surface area contributed by atoms with Crippen molar-refractivity contribution in [3.8, 4) is 0 Å². The number of anilines is 1. The maximum absolute atomic E-state index is 13.4. The van der Waals surface area contributed by atoms with E-state index < -0.39 is 45.2 Å². The first-order valence-corrected chi connectivity index (χ1v) is 12.4. The van der Waals surface area contributed by atoms with Gasteiger partial charge in [0.2, 0.25) is 5.78 Å². The Morgan fingerprint density at radius 1 is 0.762 bits per heavy atom. The Bertz CT molecular complexity index is 1800. The summed E-state index contributed by atoms with van der Waals surface area (Å²) < 4.78 is 5.58. The lowest BCUT2D eigenvalue weighted by Gasteiger charge is -2.17. The van der Waals surface area contributed by atoms with E-state index in [1.165, 1.54) is 66.7 Å². The van der Waals surface area contributed by atoms with Gasteiger partial charge in [-0.2, -0.15) is 0 Å². The smallest absolute Gasteiger partial charge is 0.339 e. The van der Waals surface area contributed by atoms with Crippen LogP contribution in [-0.2, 0) is 4.74 Å². The van der Waals surface area contributed by atoms with Gasteiger partial charge in [-0.05, 0) is 48.9 Å². The minimum Gasteiger partial charge on any atom is -0.445 e.